The molecule has 0 radical (unpaired) electrons. The standard InChI is InChI=1S/C35H51FN6O3/c1-23(2)42(24(3)4)32(43)28-16-26(36)10-13-29(28)45-30-17-37-22-38-31(30)41-20-35(21-41)18-40(19-35)15-14-25-8-11-27(12-9-25)39-33(44)34(5,6)7/h10,13,16-17,22-25,27H,8-9,11-12,14-15,18-21H2,1-7H3,(H,39,44). The van der Waals surface area contributed by atoms with Gasteiger partial charge < -0.3 is 24.8 Å². The number of benzene rings is 1. The zero-order valence-corrected chi connectivity index (χ0v) is 28.1. The van der Waals surface area contributed by atoms with Crippen molar-refractivity contribution >= 4 is 17.6 Å². The molecule has 1 aliphatic carbocycles. The summed E-state index contributed by atoms with van der Waals surface area (Å²) in [7, 11) is 0. The number of likely N-dealkylation sites (tertiary alicyclic amines) is 1. The zero-order valence-electron chi connectivity index (χ0n) is 28.1. The topological polar surface area (TPSA) is 90.9 Å². The van der Waals surface area contributed by atoms with Crippen LogP contribution in [0.25, 0.3) is 0 Å². The van der Waals surface area contributed by atoms with Crippen LogP contribution in [-0.2, 0) is 4.79 Å². The molecule has 1 N–H and O–H groups in total. The number of amides is 2. The minimum Gasteiger partial charge on any atom is -0.451 e. The molecule has 2 aliphatic heterocycles. The van der Waals surface area contributed by atoms with E-state index in [0.717, 1.165) is 51.5 Å². The molecular formula is C35H51FN6O3. The van der Waals surface area contributed by atoms with Crippen LogP contribution in [-0.4, -0.2) is 82.4 Å². The summed E-state index contributed by atoms with van der Waals surface area (Å²) in [5, 5.41) is 3.25. The largest absolute Gasteiger partial charge is 0.451 e. The Kier molecular flexibility index (Phi) is 9.73. The minimum absolute atomic E-state index is 0.0498. The van der Waals surface area contributed by atoms with Gasteiger partial charge in [-0.3, -0.25) is 9.59 Å². The van der Waals surface area contributed by atoms with Gasteiger partial charge in [-0.1, -0.05) is 20.8 Å². The quantitative estimate of drug-likeness (QED) is 0.353. The Morgan fingerprint density at radius 1 is 1.04 bits per heavy atom. The van der Waals surface area contributed by atoms with Crippen LogP contribution in [0, 0.1) is 22.6 Å². The van der Waals surface area contributed by atoms with Crippen molar-refractivity contribution in [3.8, 4) is 11.5 Å². The predicted octanol–water partition coefficient (Wildman–Crippen LogP) is 5.90. The summed E-state index contributed by atoms with van der Waals surface area (Å²) in [5.41, 5.74) is 0.118. The van der Waals surface area contributed by atoms with Crippen LogP contribution in [0.2, 0.25) is 0 Å². The highest BCUT2D eigenvalue weighted by atomic mass is 19.1. The number of rotatable bonds is 10. The van der Waals surface area contributed by atoms with Crippen LogP contribution in [0.5, 0.6) is 11.5 Å². The molecule has 5 rings (SSSR count). The Labute approximate surface area is 267 Å². The lowest BCUT2D eigenvalue weighted by atomic mass is 9.72. The van der Waals surface area contributed by atoms with Crippen LogP contribution in [0.3, 0.4) is 0 Å². The number of hydrogen-bond donors (Lipinski definition) is 1. The number of hydrogen-bond acceptors (Lipinski definition) is 7. The molecule has 0 bridgehead atoms. The number of nitrogens with zero attached hydrogens (tertiary/aromatic N) is 5. The van der Waals surface area contributed by atoms with Gasteiger partial charge in [-0.25, -0.2) is 14.4 Å². The lowest BCUT2D eigenvalue weighted by molar-refractivity contribution is -0.129. The van der Waals surface area contributed by atoms with E-state index in [4.69, 9.17) is 4.74 Å². The van der Waals surface area contributed by atoms with Crippen LogP contribution in [0.1, 0.15) is 90.9 Å². The van der Waals surface area contributed by atoms with Crippen molar-refractivity contribution in [1.82, 2.24) is 25.1 Å². The molecule has 3 heterocycles. The Balaban J connectivity index is 1.12. The molecule has 1 aromatic heterocycles. The Morgan fingerprint density at radius 2 is 1.71 bits per heavy atom. The van der Waals surface area contributed by atoms with Gasteiger partial charge in [-0.15, -0.1) is 0 Å². The average Bonchev–Trinajstić information content (AvgIpc) is 2.92. The normalized spacial score (nSPS) is 21.4. The number of carbonyl (C=O) groups excluding carboxylic acids is 2. The third kappa shape index (κ3) is 7.59. The second-order valence-corrected chi connectivity index (χ2v) is 15.1. The SMILES string of the molecule is CC(C)N(C(=O)c1cc(F)ccc1Oc1cncnc1N1CC2(CN(CCC3CCC(NC(=O)C(C)(C)C)CC3)C2)C1)C(C)C. The van der Waals surface area contributed by atoms with E-state index in [1.54, 1.807) is 11.1 Å². The highest BCUT2D eigenvalue weighted by Gasteiger charge is 2.52. The lowest BCUT2D eigenvalue weighted by Crippen LogP contribution is -2.72. The summed E-state index contributed by atoms with van der Waals surface area (Å²) in [6, 6.07) is 4.28. The second kappa shape index (κ2) is 13.2. The minimum atomic E-state index is -0.487. The zero-order chi connectivity index (χ0) is 32.5. The first kappa shape index (κ1) is 33.1. The Morgan fingerprint density at radius 3 is 2.33 bits per heavy atom. The summed E-state index contributed by atoms with van der Waals surface area (Å²) in [5.74, 6) is 1.57. The van der Waals surface area contributed by atoms with Gasteiger partial charge >= 0.3 is 0 Å². The van der Waals surface area contributed by atoms with E-state index in [2.05, 4.69) is 25.1 Å². The van der Waals surface area contributed by atoms with Gasteiger partial charge in [0.1, 0.15) is 17.9 Å². The van der Waals surface area contributed by atoms with Gasteiger partial charge in [-0.05, 0) is 90.5 Å². The van der Waals surface area contributed by atoms with Crippen molar-refractivity contribution in [3.63, 3.8) is 0 Å². The maximum Gasteiger partial charge on any atom is 0.258 e. The summed E-state index contributed by atoms with van der Waals surface area (Å²) < 4.78 is 20.6. The monoisotopic (exact) mass is 622 g/mol. The molecule has 246 valence electrons. The molecule has 0 unspecified atom stereocenters. The molecule has 9 nitrogen and oxygen atoms in total. The first-order valence-corrected chi connectivity index (χ1v) is 16.6. The lowest BCUT2D eigenvalue weighted by Gasteiger charge is -2.61. The molecule has 1 spiro atoms. The van der Waals surface area contributed by atoms with E-state index < -0.39 is 5.82 Å². The van der Waals surface area contributed by atoms with Crippen LogP contribution >= 0.6 is 0 Å². The van der Waals surface area contributed by atoms with Gasteiger partial charge in [0.15, 0.2) is 11.6 Å². The number of anilines is 1. The molecule has 2 aromatic rings. The Bertz CT molecular complexity index is 1350. The van der Waals surface area contributed by atoms with Crippen LogP contribution in [0.4, 0.5) is 10.2 Å². The number of ether oxygens (including phenoxy) is 1. The molecule has 10 heteroatoms. The van der Waals surface area contributed by atoms with Crippen molar-refractivity contribution in [1.29, 1.82) is 0 Å². The summed E-state index contributed by atoms with van der Waals surface area (Å²) >= 11 is 0. The fourth-order valence-corrected chi connectivity index (χ4v) is 7.24. The fourth-order valence-electron chi connectivity index (χ4n) is 7.24. The van der Waals surface area contributed by atoms with Gasteiger partial charge in [0.05, 0.1) is 11.8 Å². The molecule has 1 saturated carbocycles. The van der Waals surface area contributed by atoms with E-state index in [1.807, 2.05) is 48.5 Å². The molecule has 2 saturated heterocycles. The Hall–Kier alpha value is -3.27. The third-order valence-electron chi connectivity index (χ3n) is 9.58. The van der Waals surface area contributed by atoms with Crippen LogP contribution in [0.15, 0.2) is 30.7 Å². The number of halogens is 1. The fraction of sp³-hybridized carbons (Fsp3) is 0.657. The van der Waals surface area contributed by atoms with Crippen molar-refractivity contribution in [3.05, 3.63) is 42.1 Å². The maximum absolute atomic E-state index is 14.3. The van der Waals surface area contributed by atoms with Gasteiger partial charge in [0.2, 0.25) is 5.91 Å². The summed E-state index contributed by atoms with van der Waals surface area (Å²) in [6.07, 6.45) is 8.88. The number of carbonyl (C=O) groups is 2. The smallest absolute Gasteiger partial charge is 0.258 e. The van der Waals surface area contributed by atoms with Gasteiger partial charge in [0, 0.05) is 55.1 Å². The van der Waals surface area contributed by atoms with Crippen LogP contribution < -0.4 is 15.0 Å². The third-order valence-corrected chi connectivity index (χ3v) is 9.58. The first-order chi connectivity index (χ1) is 21.2. The second-order valence-electron chi connectivity index (χ2n) is 15.1. The summed E-state index contributed by atoms with van der Waals surface area (Å²) in [4.78, 5) is 41.1. The molecule has 2 amide bonds. The van der Waals surface area contributed by atoms with Crippen molar-refractivity contribution in [2.75, 3.05) is 37.6 Å². The van der Waals surface area contributed by atoms with E-state index in [0.29, 0.717) is 23.4 Å². The maximum atomic E-state index is 14.3. The van der Waals surface area contributed by atoms with E-state index in [9.17, 15) is 14.0 Å². The van der Waals surface area contributed by atoms with Gasteiger partial charge in [-0.2, -0.15) is 0 Å². The molecule has 3 fully saturated rings. The van der Waals surface area contributed by atoms with Crippen molar-refractivity contribution in [2.24, 2.45) is 16.7 Å². The molecular weight excluding hydrogens is 571 g/mol. The first-order valence-electron chi connectivity index (χ1n) is 16.6. The predicted molar refractivity (Wildman–Crippen MR) is 174 cm³/mol. The highest BCUT2D eigenvalue weighted by molar-refractivity contribution is 5.97. The van der Waals surface area contributed by atoms with E-state index in [-0.39, 0.29) is 40.3 Å². The van der Waals surface area contributed by atoms with Crippen molar-refractivity contribution in [2.45, 2.75) is 98.7 Å². The van der Waals surface area contributed by atoms with E-state index >= 15 is 0 Å². The molecule has 3 aliphatic rings. The summed E-state index contributed by atoms with van der Waals surface area (Å²) in [6.45, 7) is 18.8. The molecule has 1 aromatic carbocycles. The molecule has 45 heavy (non-hydrogen) atoms. The van der Waals surface area contributed by atoms with E-state index in [1.165, 1.54) is 43.8 Å². The number of nitrogens with one attached hydrogen (secondary N) is 1. The highest BCUT2D eigenvalue weighted by Crippen LogP contribution is 2.44. The van der Waals surface area contributed by atoms with Crippen molar-refractivity contribution < 1.29 is 18.7 Å². The average molecular weight is 623 g/mol. The number of aromatic nitrogens is 2. The molecule has 0 atom stereocenters. The van der Waals surface area contributed by atoms with Gasteiger partial charge in [0.25, 0.3) is 5.91 Å².